The summed E-state index contributed by atoms with van der Waals surface area (Å²) in [5.41, 5.74) is 0.0414. The lowest BCUT2D eigenvalue weighted by molar-refractivity contribution is -0.387. The predicted molar refractivity (Wildman–Crippen MR) is 84.3 cm³/mol. The van der Waals surface area contributed by atoms with Crippen molar-refractivity contribution in [3.05, 3.63) is 64.7 Å². The van der Waals surface area contributed by atoms with Crippen LogP contribution in [0.25, 0.3) is 0 Å². The molecule has 2 aromatic rings. The topological polar surface area (TPSA) is 80.5 Å². The van der Waals surface area contributed by atoms with Crippen LogP contribution in [0.5, 0.6) is 0 Å². The van der Waals surface area contributed by atoms with E-state index in [-0.39, 0.29) is 10.9 Å². The van der Waals surface area contributed by atoms with Gasteiger partial charge < -0.3 is 0 Å². The first-order chi connectivity index (χ1) is 10.4. The van der Waals surface area contributed by atoms with Crippen molar-refractivity contribution in [1.82, 2.24) is 0 Å². The molecular formula is C15H16N2O4S. The van der Waals surface area contributed by atoms with Gasteiger partial charge in [0.1, 0.15) is 0 Å². The van der Waals surface area contributed by atoms with Crippen molar-refractivity contribution < 1.29 is 13.3 Å². The average molecular weight is 320 g/mol. The molecular weight excluding hydrogens is 304 g/mol. The predicted octanol–water partition coefficient (Wildman–Crippen LogP) is 3.20. The number of hydrogen-bond acceptors (Lipinski definition) is 4. The van der Waals surface area contributed by atoms with Gasteiger partial charge in [0.05, 0.1) is 10.6 Å². The maximum Gasteiger partial charge on any atom is 0.289 e. The van der Waals surface area contributed by atoms with Crippen LogP contribution in [0.15, 0.2) is 59.5 Å². The molecule has 0 aliphatic rings. The Kier molecular flexibility index (Phi) is 4.46. The van der Waals surface area contributed by atoms with Crippen molar-refractivity contribution in [2.75, 3.05) is 4.31 Å². The average Bonchev–Trinajstić information content (AvgIpc) is 2.47. The summed E-state index contributed by atoms with van der Waals surface area (Å²) in [4.78, 5) is 10.1. The second kappa shape index (κ2) is 6.15. The van der Waals surface area contributed by atoms with E-state index in [1.165, 1.54) is 28.6 Å². The van der Waals surface area contributed by atoms with Crippen molar-refractivity contribution in [1.29, 1.82) is 0 Å². The van der Waals surface area contributed by atoms with Gasteiger partial charge in [-0.1, -0.05) is 30.3 Å². The zero-order valence-electron chi connectivity index (χ0n) is 12.2. The Labute approximate surface area is 129 Å². The molecule has 0 aromatic heterocycles. The molecule has 6 nitrogen and oxygen atoms in total. The maximum absolute atomic E-state index is 12.9. The van der Waals surface area contributed by atoms with E-state index >= 15 is 0 Å². The molecule has 22 heavy (non-hydrogen) atoms. The number of anilines is 1. The number of benzene rings is 2. The Morgan fingerprint density at radius 2 is 1.55 bits per heavy atom. The summed E-state index contributed by atoms with van der Waals surface area (Å²) in [5, 5.41) is 11.1. The molecule has 0 amide bonds. The van der Waals surface area contributed by atoms with Crippen LogP contribution in [0, 0.1) is 10.1 Å². The van der Waals surface area contributed by atoms with Gasteiger partial charge in [0.25, 0.3) is 15.7 Å². The summed E-state index contributed by atoms with van der Waals surface area (Å²) in [6, 6.07) is 13.5. The Hall–Kier alpha value is -2.41. The number of nitro groups is 1. The van der Waals surface area contributed by atoms with Crippen LogP contribution in [-0.4, -0.2) is 19.4 Å². The highest BCUT2D eigenvalue weighted by Gasteiger charge is 2.33. The highest BCUT2D eigenvalue weighted by Crippen LogP contribution is 2.31. The fourth-order valence-corrected chi connectivity index (χ4v) is 4.05. The highest BCUT2D eigenvalue weighted by atomic mass is 32.2. The second-order valence-corrected chi connectivity index (χ2v) is 6.74. The molecule has 2 rings (SSSR count). The molecule has 0 saturated heterocycles. The van der Waals surface area contributed by atoms with Gasteiger partial charge >= 0.3 is 0 Å². The molecule has 0 heterocycles. The Morgan fingerprint density at radius 1 is 1.00 bits per heavy atom. The minimum absolute atomic E-state index is 0.308. The van der Waals surface area contributed by atoms with Crippen molar-refractivity contribution in [2.24, 2.45) is 0 Å². The number of rotatable bonds is 5. The van der Waals surface area contributed by atoms with E-state index in [0.717, 1.165) is 0 Å². The van der Waals surface area contributed by atoms with Crippen LogP contribution in [0.3, 0.4) is 0 Å². The molecule has 0 N–H and O–H groups in total. The zero-order valence-corrected chi connectivity index (χ0v) is 13.0. The van der Waals surface area contributed by atoms with Crippen molar-refractivity contribution in [3.8, 4) is 0 Å². The van der Waals surface area contributed by atoms with E-state index in [4.69, 9.17) is 0 Å². The van der Waals surface area contributed by atoms with Gasteiger partial charge in [0, 0.05) is 12.1 Å². The third-order valence-corrected chi connectivity index (χ3v) is 5.13. The van der Waals surface area contributed by atoms with Crippen molar-refractivity contribution >= 4 is 21.4 Å². The lowest BCUT2D eigenvalue weighted by Gasteiger charge is -2.28. The van der Waals surface area contributed by atoms with E-state index in [1.54, 1.807) is 44.2 Å². The standard InChI is InChI=1S/C15H16N2O4S/c1-12(2)16(13-8-4-3-5-9-13)22(20,21)15-11-7-6-10-14(15)17(18)19/h3-12H,1-2H3. The maximum atomic E-state index is 12.9. The molecule has 0 unspecified atom stereocenters. The molecule has 0 atom stereocenters. The molecule has 0 bridgehead atoms. The molecule has 0 spiro atoms. The second-order valence-electron chi connectivity index (χ2n) is 4.95. The molecule has 0 radical (unpaired) electrons. The third kappa shape index (κ3) is 2.94. The molecule has 0 saturated carbocycles. The number of nitrogens with zero attached hydrogens (tertiary/aromatic N) is 2. The van der Waals surface area contributed by atoms with Crippen LogP contribution >= 0.6 is 0 Å². The van der Waals surface area contributed by atoms with Crippen LogP contribution in [0.4, 0.5) is 11.4 Å². The number of hydrogen-bond donors (Lipinski definition) is 0. The number of nitro benzene ring substituents is 1. The van der Waals surface area contributed by atoms with Crippen LogP contribution in [-0.2, 0) is 10.0 Å². The molecule has 0 aliphatic heterocycles. The fourth-order valence-electron chi connectivity index (χ4n) is 2.22. The Bertz CT molecular complexity index is 773. The first-order valence-electron chi connectivity index (χ1n) is 6.68. The van der Waals surface area contributed by atoms with E-state index in [0.29, 0.717) is 5.69 Å². The smallest absolute Gasteiger partial charge is 0.264 e. The van der Waals surface area contributed by atoms with Gasteiger partial charge in [-0.15, -0.1) is 0 Å². The van der Waals surface area contributed by atoms with Crippen LogP contribution in [0.1, 0.15) is 13.8 Å². The lowest BCUT2D eigenvalue weighted by atomic mass is 10.3. The van der Waals surface area contributed by atoms with Crippen molar-refractivity contribution in [3.63, 3.8) is 0 Å². The van der Waals surface area contributed by atoms with E-state index in [1.807, 2.05) is 0 Å². The first-order valence-corrected chi connectivity index (χ1v) is 8.12. The number of sulfonamides is 1. The minimum Gasteiger partial charge on any atom is -0.264 e. The SMILES string of the molecule is CC(C)N(c1ccccc1)S(=O)(=O)c1ccccc1[N+](=O)[O-]. The molecule has 116 valence electrons. The minimum atomic E-state index is -4.04. The quantitative estimate of drug-likeness (QED) is 0.626. The summed E-state index contributed by atoms with van der Waals surface area (Å²) >= 11 is 0. The van der Waals surface area contributed by atoms with Crippen LogP contribution in [0.2, 0.25) is 0 Å². The Balaban J connectivity index is 2.64. The van der Waals surface area contributed by atoms with Gasteiger partial charge in [-0.3, -0.25) is 14.4 Å². The summed E-state index contributed by atoms with van der Waals surface area (Å²) < 4.78 is 27.0. The van der Waals surface area contributed by atoms with Gasteiger partial charge in [-0.2, -0.15) is 0 Å². The molecule has 0 fully saturated rings. The van der Waals surface area contributed by atoms with Gasteiger partial charge in [0.2, 0.25) is 0 Å². The zero-order chi connectivity index (χ0) is 16.3. The Morgan fingerprint density at radius 3 is 2.09 bits per heavy atom. The monoisotopic (exact) mass is 320 g/mol. The largest absolute Gasteiger partial charge is 0.289 e. The van der Waals surface area contributed by atoms with E-state index in [9.17, 15) is 18.5 Å². The fraction of sp³-hybridized carbons (Fsp3) is 0.200. The normalized spacial score (nSPS) is 11.4. The molecule has 0 aliphatic carbocycles. The highest BCUT2D eigenvalue weighted by molar-refractivity contribution is 7.93. The number of para-hydroxylation sites is 2. The summed E-state index contributed by atoms with van der Waals surface area (Å²) in [6.45, 7) is 3.44. The third-order valence-electron chi connectivity index (χ3n) is 3.08. The molecule has 7 heteroatoms. The van der Waals surface area contributed by atoms with Crippen LogP contribution < -0.4 is 4.31 Å². The van der Waals surface area contributed by atoms with E-state index < -0.39 is 20.6 Å². The van der Waals surface area contributed by atoms with E-state index in [2.05, 4.69) is 0 Å². The van der Waals surface area contributed by atoms with Gasteiger partial charge in [-0.05, 0) is 32.0 Å². The van der Waals surface area contributed by atoms with Crippen molar-refractivity contribution in [2.45, 2.75) is 24.8 Å². The molecule has 2 aromatic carbocycles. The van der Waals surface area contributed by atoms with Gasteiger partial charge in [0.15, 0.2) is 4.90 Å². The summed E-state index contributed by atoms with van der Waals surface area (Å²) in [6.07, 6.45) is 0. The summed E-state index contributed by atoms with van der Waals surface area (Å²) in [7, 11) is -4.04. The summed E-state index contributed by atoms with van der Waals surface area (Å²) in [5.74, 6) is 0. The lowest BCUT2D eigenvalue weighted by Crippen LogP contribution is -2.37. The van der Waals surface area contributed by atoms with Gasteiger partial charge in [-0.25, -0.2) is 8.42 Å². The first kappa shape index (κ1) is 16.0.